The predicted octanol–water partition coefficient (Wildman–Crippen LogP) is 0.952. The summed E-state index contributed by atoms with van der Waals surface area (Å²) in [5.41, 5.74) is -2.82. The number of carbonyl (C=O) groups excluding carboxylic acids is 2. The van der Waals surface area contributed by atoms with Crippen molar-refractivity contribution in [3.8, 4) is 0 Å². The van der Waals surface area contributed by atoms with Crippen molar-refractivity contribution in [2.45, 2.75) is 38.3 Å². The van der Waals surface area contributed by atoms with E-state index in [9.17, 15) is 27.9 Å². The van der Waals surface area contributed by atoms with Gasteiger partial charge in [-0.05, 0) is 6.92 Å². The number of nitrogens with zero attached hydrogens (tertiary/aromatic N) is 3. The average molecular weight is 389 g/mol. The van der Waals surface area contributed by atoms with Crippen LogP contribution in [-0.2, 0) is 24.4 Å². The van der Waals surface area contributed by atoms with Crippen LogP contribution in [-0.4, -0.2) is 48.8 Å². The molecule has 2 aromatic heterocycles. The van der Waals surface area contributed by atoms with Crippen molar-refractivity contribution >= 4 is 23.2 Å². The van der Waals surface area contributed by atoms with Gasteiger partial charge in [-0.25, -0.2) is 4.98 Å². The molecule has 2 amide bonds. The van der Waals surface area contributed by atoms with Crippen LogP contribution in [0.25, 0.3) is 0 Å². The van der Waals surface area contributed by atoms with Crippen LogP contribution in [0.15, 0.2) is 11.6 Å². The van der Waals surface area contributed by atoms with E-state index in [0.29, 0.717) is 23.2 Å². The number of halogens is 3. The summed E-state index contributed by atoms with van der Waals surface area (Å²) in [5.74, 6) is -2.02. The number of H-pyrrole nitrogens is 1. The Labute approximate surface area is 149 Å². The third-order valence-electron chi connectivity index (χ3n) is 4.01. The summed E-state index contributed by atoms with van der Waals surface area (Å²) in [5, 5.41) is 21.0. The van der Waals surface area contributed by atoms with E-state index in [2.05, 4.69) is 20.5 Å². The molecular formula is C14H14F3N5O3S. The van der Waals surface area contributed by atoms with Gasteiger partial charge in [-0.3, -0.25) is 14.7 Å². The molecule has 12 heteroatoms. The Kier molecular flexibility index (Phi) is 4.48. The lowest BCUT2D eigenvalue weighted by Gasteiger charge is -2.29. The molecule has 0 radical (unpaired) electrons. The van der Waals surface area contributed by atoms with Crippen molar-refractivity contribution in [3.63, 3.8) is 0 Å². The monoisotopic (exact) mass is 389 g/mol. The van der Waals surface area contributed by atoms with Crippen molar-refractivity contribution in [2.24, 2.45) is 0 Å². The summed E-state index contributed by atoms with van der Waals surface area (Å²) >= 11 is 1.36. The molecule has 3 heterocycles. The molecule has 3 N–H and O–H groups in total. The lowest BCUT2D eigenvalue weighted by molar-refractivity contribution is -0.250. The van der Waals surface area contributed by atoms with Gasteiger partial charge in [0.1, 0.15) is 5.01 Å². The van der Waals surface area contributed by atoms with Gasteiger partial charge in [0.15, 0.2) is 5.69 Å². The third-order valence-corrected chi connectivity index (χ3v) is 4.78. The molecule has 1 atom stereocenters. The zero-order valence-electron chi connectivity index (χ0n) is 13.4. The Balaban J connectivity index is 1.70. The second-order valence-electron chi connectivity index (χ2n) is 5.87. The molecule has 3 rings (SSSR count). The van der Waals surface area contributed by atoms with Crippen LogP contribution in [0.3, 0.4) is 0 Å². The highest BCUT2D eigenvalue weighted by Crippen LogP contribution is 2.34. The van der Waals surface area contributed by atoms with Crippen molar-refractivity contribution in [2.75, 3.05) is 0 Å². The second-order valence-corrected chi connectivity index (χ2v) is 6.85. The van der Waals surface area contributed by atoms with Gasteiger partial charge in [0.25, 0.3) is 11.8 Å². The molecule has 0 aromatic carbocycles. The van der Waals surface area contributed by atoms with E-state index in [4.69, 9.17) is 0 Å². The SMILES string of the molecule is CC(O)(C(=O)N1Cc2[nH]nc(C(=O)NCc3nccs3)c2C1)C(F)(F)F. The number of nitrogens with one attached hydrogen (secondary N) is 2. The molecule has 0 saturated heterocycles. The third kappa shape index (κ3) is 3.17. The largest absolute Gasteiger partial charge is 0.426 e. The van der Waals surface area contributed by atoms with Gasteiger partial charge in [0.05, 0.1) is 25.3 Å². The van der Waals surface area contributed by atoms with E-state index in [1.807, 2.05) is 0 Å². The van der Waals surface area contributed by atoms with Gasteiger partial charge in [0.2, 0.25) is 5.60 Å². The number of aromatic nitrogens is 3. The van der Waals surface area contributed by atoms with E-state index in [-0.39, 0.29) is 25.3 Å². The minimum Gasteiger partial charge on any atom is -0.373 e. The van der Waals surface area contributed by atoms with Crippen LogP contribution in [0, 0.1) is 0 Å². The normalized spacial score (nSPS) is 16.3. The standard InChI is InChI=1S/C14H14F3N5O3S/c1-13(25,14(15,16)17)12(24)22-5-7-8(6-22)20-21-10(7)11(23)19-4-9-18-2-3-26-9/h2-3,25H,4-6H2,1H3,(H,19,23)(H,20,21). The van der Waals surface area contributed by atoms with Crippen molar-refractivity contribution in [1.29, 1.82) is 0 Å². The van der Waals surface area contributed by atoms with E-state index in [0.717, 1.165) is 4.90 Å². The second kappa shape index (κ2) is 6.36. The Morgan fingerprint density at radius 3 is 2.77 bits per heavy atom. The summed E-state index contributed by atoms with van der Waals surface area (Å²) in [7, 11) is 0. The molecule has 0 spiro atoms. The lowest BCUT2D eigenvalue weighted by Crippen LogP contribution is -2.54. The quantitative estimate of drug-likeness (QED) is 0.721. The molecule has 2 aromatic rings. The number of carbonyl (C=O) groups is 2. The van der Waals surface area contributed by atoms with E-state index < -0.39 is 23.6 Å². The van der Waals surface area contributed by atoms with Crippen molar-refractivity contribution in [1.82, 2.24) is 25.4 Å². The highest BCUT2D eigenvalue weighted by atomic mass is 32.1. The molecule has 0 aliphatic carbocycles. The lowest BCUT2D eigenvalue weighted by atomic mass is 10.1. The number of fused-ring (bicyclic) bond motifs is 1. The number of aliphatic hydroxyl groups is 1. The maximum Gasteiger partial charge on any atom is 0.426 e. The highest BCUT2D eigenvalue weighted by Gasteiger charge is 2.57. The number of rotatable bonds is 4. The average Bonchev–Trinajstić information content (AvgIpc) is 3.26. The number of amides is 2. The molecule has 0 fully saturated rings. The first-order valence-electron chi connectivity index (χ1n) is 7.42. The topological polar surface area (TPSA) is 111 Å². The zero-order chi connectivity index (χ0) is 19.1. The van der Waals surface area contributed by atoms with Crippen molar-refractivity contribution in [3.05, 3.63) is 33.5 Å². The molecule has 1 aliphatic heterocycles. The van der Waals surface area contributed by atoms with Gasteiger partial charge in [0, 0.05) is 17.1 Å². The minimum absolute atomic E-state index is 0.00138. The first-order valence-corrected chi connectivity index (χ1v) is 8.30. The van der Waals surface area contributed by atoms with Gasteiger partial charge >= 0.3 is 6.18 Å². The van der Waals surface area contributed by atoms with E-state index in [1.165, 1.54) is 11.3 Å². The molecular weight excluding hydrogens is 375 g/mol. The molecule has 140 valence electrons. The van der Waals surface area contributed by atoms with Gasteiger partial charge in [-0.2, -0.15) is 18.3 Å². The smallest absolute Gasteiger partial charge is 0.373 e. The Bertz CT molecular complexity index is 831. The number of thiazole rings is 1. The molecule has 1 aliphatic rings. The Morgan fingerprint density at radius 1 is 1.42 bits per heavy atom. The van der Waals surface area contributed by atoms with Gasteiger partial charge in [-0.15, -0.1) is 11.3 Å². The summed E-state index contributed by atoms with van der Waals surface area (Å²) in [6.07, 6.45) is -3.51. The number of aromatic amines is 1. The Morgan fingerprint density at radius 2 is 2.15 bits per heavy atom. The minimum atomic E-state index is -5.10. The zero-order valence-corrected chi connectivity index (χ0v) is 14.2. The van der Waals surface area contributed by atoms with Gasteiger partial charge in [-0.1, -0.05) is 0 Å². The highest BCUT2D eigenvalue weighted by molar-refractivity contribution is 7.09. The van der Waals surface area contributed by atoms with E-state index in [1.54, 1.807) is 11.6 Å². The number of hydrogen-bond acceptors (Lipinski definition) is 6. The van der Waals surface area contributed by atoms with E-state index >= 15 is 0 Å². The van der Waals surface area contributed by atoms with Crippen LogP contribution in [0.5, 0.6) is 0 Å². The Hall–Kier alpha value is -2.47. The maximum atomic E-state index is 12.8. The summed E-state index contributed by atoms with van der Waals surface area (Å²) in [6.45, 7) is 0.134. The summed E-state index contributed by atoms with van der Waals surface area (Å²) < 4.78 is 38.5. The first kappa shape index (κ1) is 18.3. The fourth-order valence-corrected chi connectivity index (χ4v) is 3.04. The number of alkyl halides is 3. The summed E-state index contributed by atoms with van der Waals surface area (Å²) in [6, 6.07) is 0. The molecule has 0 bridgehead atoms. The molecule has 8 nitrogen and oxygen atoms in total. The van der Waals surface area contributed by atoms with Crippen LogP contribution < -0.4 is 5.32 Å². The fourth-order valence-electron chi connectivity index (χ4n) is 2.48. The van der Waals surface area contributed by atoms with Crippen molar-refractivity contribution < 1.29 is 27.9 Å². The van der Waals surface area contributed by atoms with Gasteiger partial charge < -0.3 is 15.3 Å². The molecule has 0 saturated carbocycles. The summed E-state index contributed by atoms with van der Waals surface area (Å²) in [4.78, 5) is 29.1. The van der Waals surface area contributed by atoms with Crippen LogP contribution in [0.1, 0.15) is 33.7 Å². The molecule has 1 unspecified atom stereocenters. The van der Waals surface area contributed by atoms with Crippen LogP contribution >= 0.6 is 11.3 Å². The number of hydrogen-bond donors (Lipinski definition) is 3. The predicted molar refractivity (Wildman–Crippen MR) is 82.8 cm³/mol. The van der Waals surface area contributed by atoms with Crippen LogP contribution in [0.4, 0.5) is 13.2 Å². The first-order chi connectivity index (χ1) is 12.1. The molecule has 26 heavy (non-hydrogen) atoms. The fraction of sp³-hybridized carbons (Fsp3) is 0.429. The van der Waals surface area contributed by atoms with Crippen LogP contribution in [0.2, 0.25) is 0 Å². The maximum absolute atomic E-state index is 12.8.